The van der Waals surface area contributed by atoms with E-state index in [1.165, 1.54) is 4.48 Å². The van der Waals surface area contributed by atoms with Crippen LogP contribution in [0.15, 0.2) is 63.6 Å². The third kappa shape index (κ3) is 3.94. The maximum atomic E-state index is 10.1. The Labute approximate surface area is 124 Å². The standard InChI is InChI=1S/C15H14Br2O/c16-13-5-1-3-11(9-13)7-8-15(18)12-4-2-6-14(17)10-12/h1-8,10-11,15,18H,9H2/b8-7+. The SMILES string of the molecule is OC(/C=C/C1C=CC=C(Br)C1)c1cccc(Br)c1. The van der Waals surface area contributed by atoms with Crippen molar-refractivity contribution in [3.05, 3.63) is 69.2 Å². The molecule has 1 aromatic rings. The first-order chi connectivity index (χ1) is 8.65. The lowest BCUT2D eigenvalue weighted by Gasteiger charge is -2.12. The Hall–Kier alpha value is -0.640. The average Bonchev–Trinajstić information content (AvgIpc) is 2.36. The second-order valence-corrected chi connectivity index (χ2v) is 6.19. The van der Waals surface area contributed by atoms with E-state index in [1.807, 2.05) is 36.4 Å². The molecule has 0 bridgehead atoms. The molecule has 1 N–H and O–H groups in total. The summed E-state index contributed by atoms with van der Waals surface area (Å²) in [5, 5.41) is 10.1. The zero-order valence-electron chi connectivity index (χ0n) is 9.76. The maximum absolute atomic E-state index is 10.1. The summed E-state index contributed by atoms with van der Waals surface area (Å²) in [4.78, 5) is 0. The Kier molecular flexibility index (Phi) is 4.98. The van der Waals surface area contributed by atoms with Crippen LogP contribution in [0.4, 0.5) is 0 Å². The van der Waals surface area contributed by atoms with Crippen LogP contribution in [0.25, 0.3) is 0 Å². The predicted molar refractivity (Wildman–Crippen MR) is 82.5 cm³/mol. The van der Waals surface area contributed by atoms with Gasteiger partial charge in [0.1, 0.15) is 0 Å². The second kappa shape index (κ2) is 6.50. The zero-order chi connectivity index (χ0) is 13.0. The number of aliphatic hydroxyl groups is 1. The van der Waals surface area contributed by atoms with Gasteiger partial charge in [-0.05, 0) is 34.5 Å². The van der Waals surface area contributed by atoms with Gasteiger partial charge in [0.2, 0.25) is 0 Å². The Balaban J connectivity index is 2.01. The molecule has 94 valence electrons. The summed E-state index contributed by atoms with van der Waals surface area (Å²) in [7, 11) is 0. The van der Waals surface area contributed by atoms with Crippen molar-refractivity contribution in [2.45, 2.75) is 12.5 Å². The van der Waals surface area contributed by atoms with Crippen LogP contribution in [0.2, 0.25) is 0 Å². The van der Waals surface area contributed by atoms with Crippen LogP contribution < -0.4 is 0 Å². The molecule has 0 spiro atoms. The second-order valence-electron chi connectivity index (χ2n) is 4.25. The number of benzene rings is 1. The Morgan fingerprint density at radius 3 is 2.89 bits per heavy atom. The first-order valence-corrected chi connectivity index (χ1v) is 7.38. The minimum Gasteiger partial charge on any atom is -0.384 e. The highest BCUT2D eigenvalue weighted by atomic mass is 79.9. The first kappa shape index (κ1) is 13.8. The number of hydrogen-bond donors (Lipinski definition) is 1. The van der Waals surface area contributed by atoms with Gasteiger partial charge >= 0.3 is 0 Å². The molecular weight excluding hydrogens is 356 g/mol. The van der Waals surface area contributed by atoms with Crippen molar-refractivity contribution in [1.82, 2.24) is 0 Å². The van der Waals surface area contributed by atoms with Crippen LogP contribution in [-0.4, -0.2) is 5.11 Å². The third-order valence-corrected chi connectivity index (χ3v) is 3.88. The van der Waals surface area contributed by atoms with Gasteiger partial charge in [0.05, 0.1) is 6.10 Å². The van der Waals surface area contributed by atoms with Gasteiger partial charge in [-0.15, -0.1) is 0 Å². The minimum absolute atomic E-state index is 0.353. The van der Waals surface area contributed by atoms with Crippen LogP contribution in [0.1, 0.15) is 18.1 Å². The number of aliphatic hydroxyl groups excluding tert-OH is 1. The lowest BCUT2D eigenvalue weighted by molar-refractivity contribution is 0.228. The molecule has 0 saturated heterocycles. The monoisotopic (exact) mass is 368 g/mol. The van der Waals surface area contributed by atoms with Crippen molar-refractivity contribution < 1.29 is 5.11 Å². The molecule has 3 heteroatoms. The molecule has 0 amide bonds. The average molecular weight is 370 g/mol. The molecule has 0 aromatic heterocycles. The van der Waals surface area contributed by atoms with E-state index >= 15 is 0 Å². The molecule has 0 heterocycles. The molecule has 2 atom stereocenters. The molecule has 1 aromatic carbocycles. The molecule has 1 aliphatic rings. The largest absolute Gasteiger partial charge is 0.384 e. The first-order valence-electron chi connectivity index (χ1n) is 5.80. The summed E-state index contributed by atoms with van der Waals surface area (Å²) in [6.07, 6.45) is 10.5. The Morgan fingerprint density at radius 2 is 2.17 bits per heavy atom. The summed E-state index contributed by atoms with van der Waals surface area (Å²) in [5.74, 6) is 0.353. The van der Waals surface area contributed by atoms with E-state index in [9.17, 15) is 5.11 Å². The van der Waals surface area contributed by atoms with Crippen LogP contribution in [0.5, 0.6) is 0 Å². The van der Waals surface area contributed by atoms with Crippen LogP contribution in [-0.2, 0) is 0 Å². The molecule has 0 aliphatic heterocycles. The van der Waals surface area contributed by atoms with Crippen molar-refractivity contribution in [3.63, 3.8) is 0 Å². The van der Waals surface area contributed by atoms with Crippen molar-refractivity contribution in [3.8, 4) is 0 Å². The fourth-order valence-electron chi connectivity index (χ4n) is 1.85. The summed E-state index contributed by atoms with van der Waals surface area (Å²) in [6, 6.07) is 7.73. The fourth-order valence-corrected chi connectivity index (χ4v) is 2.79. The van der Waals surface area contributed by atoms with Gasteiger partial charge in [0.25, 0.3) is 0 Å². The van der Waals surface area contributed by atoms with Crippen LogP contribution in [0.3, 0.4) is 0 Å². The lowest BCUT2D eigenvalue weighted by Crippen LogP contribution is -1.98. The minimum atomic E-state index is -0.555. The molecule has 0 fully saturated rings. The van der Waals surface area contributed by atoms with Crippen molar-refractivity contribution in [2.24, 2.45) is 5.92 Å². The van der Waals surface area contributed by atoms with Gasteiger partial charge in [-0.3, -0.25) is 0 Å². The highest BCUT2D eigenvalue weighted by Crippen LogP contribution is 2.25. The van der Waals surface area contributed by atoms with E-state index < -0.39 is 6.10 Å². The number of hydrogen-bond acceptors (Lipinski definition) is 1. The van der Waals surface area contributed by atoms with Crippen molar-refractivity contribution in [2.75, 3.05) is 0 Å². The maximum Gasteiger partial charge on any atom is 0.0972 e. The van der Waals surface area contributed by atoms with Gasteiger partial charge in [-0.1, -0.05) is 74.4 Å². The summed E-state index contributed by atoms with van der Waals surface area (Å²) >= 11 is 6.90. The summed E-state index contributed by atoms with van der Waals surface area (Å²) in [6.45, 7) is 0. The van der Waals surface area contributed by atoms with Crippen LogP contribution in [0, 0.1) is 5.92 Å². The Morgan fingerprint density at radius 1 is 1.33 bits per heavy atom. The fraction of sp³-hybridized carbons (Fsp3) is 0.200. The van der Waals surface area contributed by atoms with Crippen molar-refractivity contribution in [1.29, 1.82) is 0 Å². The highest BCUT2D eigenvalue weighted by Gasteiger charge is 2.08. The van der Waals surface area contributed by atoms with Gasteiger partial charge in [0.15, 0.2) is 0 Å². The number of rotatable bonds is 3. The van der Waals surface area contributed by atoms with E-state index in [1.54, 1.807) is 0 Å². The molecule has 1 aliphatic carbocycles. The molecule has 0 saturated carbocycles. The smallest absolute Gasteiger partial charge is 0.0972 e. The summed E-state index contributed by atoms with van der Waals surface area (Å²) < 4.78 is 2.17. The number of allylic oxidation sites excluding steroid dienone is 5. The van der Waals surface area contributed by atoms with Gasteiger partial charge in [-0.25, -0.2) is 0 Å². The van der Waals surface area contributed by atoms with E-state index in [0.29, 0.717) is 5.92 Å². The highest BCUT2D eigenvalue weighted by molar-refractivity contribution is 9.11. The molecule has 2 rings (SSSR count). The van der Waals surface area contributed by atoms with E-state index in [0.717, 1.165) is 16.5 Å². The zero-order valence-corrected chi connectivity index (χ0v) is 12.9. The quantitative estimate of drug-likeness (QED) is 0.751. The third-order valence-electron chi connectivity index (χ3n) is 2.80. The normalized spacial score (nSPS) is 21.1. The van der Waals surface area contributed by atoms with Crippen molar-refractivity contribution >= 4 is 31.9 Å². The lowest BCUT2D eigenvalue weighted by atomic mass is 9.99. The van der Waals surface area contributed by atoms with E-state index in [-0.39, 0.29) is 0 Å². The Bertz CT molecular complexity index is 503. The number of halogens is 2. The van der Waals surface area contributed by atoms with Gasteiger partial charge < -0.3 is 5.11 Å². The van der Waals surface area contributed by atoms with Gasteiger partial charge in [0, 0.05) is 4.47 Å². The predicted octanol–water partition coefficient (Wildman–Crippen LogP) is 4.89. The van der Waals surface area contributed by atoms with E-state index in [2.05, 4.69) is 50.1 Å². The molecule has 1 nitrogen and oxygen atoms in total. The topological polar surface area (TPSA) is 20.2 Å². The molecule has 18 heavy (non-hydrogen) atoms. The molecular formula is C15H14Br2O. The van der Waals surface area contributed by atoms with Gasteiger partial charge in [-0.2, -0.15) is 0 Å². The van der Waals surface area contributed by atoms with Crippen LogP contribution >= 0.6 is 31.9 Å². The summed E-state index contributed by atoms with van der Waals surface area (Å²) in [5.41, 5.74) is 0.898. The molecule has 2 unspecified atom stereocenters. The van der Waals surface area contributed by atoms with E-state index in [4.69, 9.17) is 0 Å². The molecule has 0 radical (unpaired) electrons.